The number of carbonyl (C=O) groups excluding carboxylic acids is 1. The van der Waals surface area contributed by atoms with Crippen LogP contribution < -0.4 is 4.90 Å². The first kappa shape index (κ1) is 22.5. The molecule has 4 aromatic carbocycles. The minimum absolute atomic E-state index is 0.0820. The van der Waals surface area contributed by atoms with Crippen LogP contribution in [0.5, 0.6) is 5.75 Å². The predicted octanol–water partition coefficient (Wildman–Crippen LogP) is 7.20. The molecule has 5 heteroatoms. The molecule has 0 aliphatic rings. The normalized spacial score (nSPS) is 11.3. The van der Waals surface area contributed by atoms with Gasteiger partial charge in [-0.2, -0.15) is 0 Å². The number of phenolic OH excluding ortho intramolecular Hbond substituents is 1. The van der Waals surface area contributed by atoms with Crippen molar-refractivity contribution in [3.05, 3.63) is 124 Å². The average Bonchev–Trinajstić information content (AvgIpc) is 2.82. The van der Waals surface area contributed by atoms with E-state index in [0.29, 0.717) is 17.2 Å². The fourth-order valence-electron chi connectivity index (χ4n) is 3.42. The van der Waals surface area contributed by atoms with Crippen LogP contribution in [0, 0.1) is 13.8 Å². The van der Waals surface area contributed by atoms with E-state index in [4.69, 9.17) is 4.99 Å². The number of aliphatic imine (C=N–C) groups is 1. The second kappa shape index (κ2) is 9.84. The van der Waals surface area contributed by atoms with Gasteiger partial charge in [-0.05, 0) is 56.3 Å². The van der Waals surface area contributed by atoms with Gasteiger partial charge in [-0.25, -0.2) is 4.99 Å². The van der Waals surface area contributed by atoms with Crippen molar-refractivity contribution in [3.8, 4) is 5.75 Å². The maximum absolute atomic E-state index is 13.9. The summed E-state index contributed by atoms with van der Waals surface area (Å²) < 4.78 is 0.804. The second-order valence-electron chi connectivity index (χ2n) is 7.74. The molecule has 0 bridgehead atoms. The van der Waals surface area contributed by atoms with Gasteiger partial charge < -0.3 is 5.11 Å². The summed E-state index contributed by atoms with van der Waals surface area (Å²) in [6.07, 6.45) is 0. The van der Waals surface area contributed by atoms with Gasteiger partial charge in [0.1, 0.15) is 11.6 Å². The molecule has 0 aliphatic carbocycles. The Morgan fingerprint density at radius 3 is 1.91 bits per heavy atom. The molecule has 0 aliphatic heterocycles. The first-order valence-corrected chi connectivity index (χ1v) is 11.3. The maximum atomic E-state index is 13.9. The van der Waals surface area contributed by atoms with Crippen molar-refractivity contribution in [1.82, 2.24) is 0 Å². The van der Waals surface area contributed by atoms with Crippen LogP contribution in [0.2, 0.25) is 0 Å². The van der Waals surface area contributed by atoms with Gasteiger partial charge >= 0.3 is 0 Å². The molecule has 0 aromatic heterocycles. The highest BCUT2D eigenvalue weighted by molar-refractivity contribution is 9.10. The van der Waals surface area contributed by atoms with Crippen LogP contribution in [-0.2, 0) is 0 Å². The number of para-hydroxylation sites is 1. The highest BCUT2D eigenvalue weighted by atomic mass is 79.9. The molecule has 4 aromatic rings. The third-order valence-electron chi connectivity index (χ3n) is 5.23. The molecular weight excluding hydrogens is 476 g/mol. The van der Waals surface area contributed by atoms with E-state index in [-0.39, 0.29) is 17.2 Å². The van der Waals surface area contributed by atoms with Crippen LogP contribution in [0.4, 0.5) is 11.4 Å². The lowest BCUT2D eigenvalue weighted by atomic mass is 10.1. The van der Waals surface area contributed by atoms with Gasteiger partial charge in [-0.1, -0.05) is 81.7 Å². The molecule has 0 fully saturated rings. The van der Waals surface area contributed by atoms with Crippen LogP contribution >= 0.6 is 15.9 Å². The number of nitrogens with zero attached hydrogens (tertiary/aromatic N) is 2. The fourth-order valence-corrected chi connectivity index (χ4v) is 3.88. The first-order valence-electron chi connectivity index (χ1n) is 10.5. The molecule has 0 unspecified atom stereocenters. The lowest BCUT2D eigenvalue weighted by molar-refractivity contribution is 0.1000. The molecule has 0 atom stereocenters. The fraction of sp³-hybridized carbons (Fsp3) is 0.0714. The summed E-state index contributed by atoms with van der Waals surface area (Å²) in [6.45, 7) is 4.01. The highest BCUT2D eigenvalue weighted by Gasteiger charge is 2.27. The number of benzene rings is 4. The second-order valence-corrected chi connectivity index (χ2v) is 8.60. The molecule has 0 spiro atoms. The zero-order valence-corrected chi connectivity index (χ0v) is 20.0. The summed E-state index contributed by atoms with van der Waals surface area (Å²) in [7, 11) is 0. The van der Waals surface area contributed by atoms with E-state index in [1.165, 1.54) is 6.07 Å². The maximum Gasteiger partial charge on any atom is 0.267 e. The summed E-state index contributed by atoms with van der Waals surface area (Å²) in [5, 5.41) is 10.5. The van der Waals surface area contributed by atoms with Crippen LogP contribution in [0.1, 0.15) is 27.0 Å². The van der Waals surface area contributed by atoms with Crippen molar-refractivity contribution in [2.45, 2.75) is 13.8 Å². The van der Waals surface area contributed by atoms with Crippen LogP contribution in [0.25, 0.3) is 0 Å². The lowest BCUT2D eigenvalue weighted by Gasteiger charge is -2.26. The van der Waals surface area contributed by atoms with E-state index in [1.807, 2.05) is 86.6 Å². The number of anilines is 1. The van der Waals surface area contributed by atoms with E-state index in [1.54, 1.807) is 23.1 Å². The Hall–Kier alpha value is -3.70. The first-order chi connectivity index (χ1) is 15.9. The number of rotatable bonds is 4. The summed E-state index contributed by atoms with van der Waals surface area (Å²) >= 11 is 3.63. The van der Waals surface area contributed by atoms with Crippen molar-refractivity contribution in [2.24, 2.45) is 4.99 Å². The van der Waals surface area contributed by atoms with E-state index in [0.717, 1.165) is 21.2 Å². The van der Waals surface area contributed by atoms with Gasteiger partial charge in [0, 0.05) is 10.0 Å². The molecule has 1 N–H and O–H groups in total. The van der Waals surface area contributed by atoms with Gasteiger partial charge in [0.2, 0.25) is 0 Å². The van der Waals surface area contributed by atoms with Crippen LogP contribution in [0.3, 0.4) is 0 Å². The molecule has 164 valence electrons. The molecule has 4 rings (SSSR count). The summed E-state index contributed by atoms with van der Waals surface area (Å²) in [5.41, 5.74) is 4.51. The van der Waals surface area contributed by atoms with E-state index < -0.39 is 0 Å². The zero-order chi connectivity index (χ0) is 23.4. The van der Waals surface area contributed by atoms with E-state index in [9.17, 15) is 9.90 Å². The number of amidine groups is 1. The minimum Gasteiger partial charge on any atom is -0.507 e. The number of hydrogen-bond acceptors (Lipinski definition) is 3. The van der Waals surface area contributed by atoms with Crippen molar-refractivity contribution >= 4 is 39.0 Å². The Kier molecular flexibility index (Phi) is 6.71. The van der Waals surface area contributed by atoms with E-state index in [2.05, 4.69) is 15.9 Å². The number of aryl methyl sites for hydroxylation is 2. The molecule has 0 saturated heterocycles. The van der Waals surface area contributed by atoms with Gasteiger partial charge in [0.05, 0.1) is 16.9 Å². The molecule has 33 heavy (non-hydrogen) atoms. The number of hydrogen-bond donors (Lipinski definition) is 1. The number of carbonyl (C=O) groups is 1. The SMILES string of the molecule is Cc1ccc(N=C(c2ccccc2Br)N(C(=O)c2ccccc2O)c2ccc(C)cc2)cc1. The van der Waals surface area contributed by atoms with Crippen molar-refractivity contribution in [1.29, 1.82) is 0 Å². The van der Waals surface area contributed by atoms with E-state index >= 15 is 0 Å². The summed E-state index contributed by atoms with van der Waals surface area (Å²) in [5.74, 6) is -0.0107. The Morgan fingerprint density at radius 2 is 1.30 bits per heavy atom. The number of phenols is 1. The molecule has 1 amide bonds. The van der Waals surface area contributed by atoms with Crippen molar-refractivity contribution in [3.63, 3.8) is 0 Å². The van der Waals surface area contributed by atoms with Gasteiger partial charge in [0.15, 0.2) is 0 Å². The molecular formula is C28H23BrN2O2. The van der Waals surface area contributed by atoms with Gasteiger partial charge in [-0.15, -0.1) is 0 Å². The largest absolute Gasteiger partial charge is 0.507 e. The van der Waals surface area contributed by atoms with Crippen LogP contribution in [0.15, 0.2) is 107 Å². The number of aromatic hydroxyl groups is 1. The van der Waals surface area contributed by atoms with Gasteiger partial charge in [-0.3, -0.25) is 9.69 Å². The Bertz CT molecular complexity index is 1310. The van der Waals surface area contributed by atoms with Crippen molar-refractivity contribution < 1.29 is 9.90 Å². The predicted molar refractivity (Wildman–Crippen MR) is 138 cm³/mol. The molecule has 0 heterocycles. The summed E-state index contributed by atoms with van der Waals surface area (Å²) in [4.78, 5) is 20.4. The lowest BCUT2D eigenvalue weighted by Crippen LogP contribution is -2.38. The number of halogens is 1. The average molecular weight is 499 g/mol. The molecule has 4 nitrogen and oxygen atoms in total. The number of amides is 1. The monoisotopic (exact) mass is 498 g/mol. The minimum atomic E-state index is -0.376. The highest BCUT2D eigenvalue weighted by Crippen LogP contribution is 2.29. The molecule has 0 radical (unpaired) electrons. The Morgan fingerprint density at radius 1 is 0.758 bits per heavy atom. The van der Waals surface area contributed by atoms with Crippen molar-refractivity contribution in [2.75, 3.05) is 4.90 Å². The Labute approximate surface area is 202 Å². The standard InChI is InChI=1S/C28H23BrN2O2/c1-19-11-15-21(16-12-19)30-27(23-7-3-5-9-25(23)29)31(22-17-13-20(2)14-18-22)28(33)24-8-4-6-10-26(24)32/h3-18,32H,1-2H3. The van der Waals surface area contributed by atoms with Gasteiger partial charge in [0.25, 0.3) is 5.91 Å². The third kappa shape index (κ3) is 5.04. The quantitative estimate of drug-likeness (QED) is 0.239. The molecule has 0 saturated carbocycles. The smallest absolute Gasteiger partial charge is 0.267 e. The Balaban J connectivity index is 1.97. The zero-order valence-electron chi connectivity index (χ0n) is 18.4. The van der Waals surface area contributed by atoms with Crippen LogP contribution in [-0.4, -0.2) is 16.8 Å². The third-order valence-corrected chi connectivity index (χ3v) is 5.92. The topological polar surface area (TPSA) is 52.9 Å². The summed E-state index contributed by atoms with van der Waals surface area (Å²) in [6, 6.07) is 29.7.